The van der Waals surface area contributed by atoms with Crippen LogP contribution >= 0.6 is 0 Å². The van der Waals surface area contributed by atoms with Crippen molar-refractivity contribution < 1.29 is 5.11 Å². The van der Waals surface area contributed by atoms with Crippen LogP contribution in [0, 0.1) is 11.3 Å². The molecule has 0 bridgehead atoms. The first-order valence-corrected chi connectivity index (χ1v) is 3.44. The van der Waals surface area contributed by atoms with Crippen molar-refractivity contribution in [3.05, 3.63) is 0 Å². The molecule has 1 atom stereocenters. The third kappa shape index (κ3) is 4.30. The van der Waals surface area contributed by atoms with Gasteiger partial charge in [-0.25, -0.2) is 0 Å². The number of nitrogens with zero attached hydrogens (tertiary/aromatic N) is 2. The molecule has 0 rings (SSSR count). The largest absolute Gasteiger partial charge is 0.392 e. The zero-order valence-corrected chi connectivity index (χ0v) is 6.54. The molecule has 0 saturated heterocycles. The molecule has 0 aromatic heterocycles. The molecule has 58 valence electrons. The fourth-order valence-corrected chi connectivity index (χ4v) is 0.674. The van der Waals surface area contributed by atoms with Gasteiger partial charge in [-0.3, -0.25) is 4.90 Å². The molecule has 0 spiro atoms. The lowest BCUT2D eigenvalue weighted by atomic mass is 10.3. The van der Waals surface area contributed by atoms with Crippen LogP contribution in [0.5, 0.6) is 0 Å². The number of hydrogen-bond donors (Lipinski definition) is 1. The highest BCUT2D eigenvalue weighted by Crippen LogP contribution is 1.92. The fraction of sp³-hybridized carbons (Fsp3) is 0.857. The van der Waals surface area contributed by atoms with E-state index in [1.165, 1.54) is 0 Å². The van der Waals surface area contributed by atoms with Gasteiger partial charge in [0.1, 0.15) is 0 Å². The zero-order chi connectivity index (χ0) is 7.98. The van der Waals surface area contributed by atoms with Crippen LogP contribution in [0.1, 0.15) is 13.3 Å². The average molecular weight is 142 g/mol. The highest BCUT2D eigenvalue weighted by Gasteiger charge is 2.03. The first kappa shape index (κ1) is 9.41. The van der Waals surface area contributed by atoms with Crippen LogP contribution in [0.2, 0.25) is 0 Å². The highest BCUT2D eigenvalue weighted by molar-refractivity contribution is 4.75. The third-order valence-electron chi connectivity index (χ3n) is 1.33. The Balaban J connectivity index is 3.38. The second-order valence-electron chi connectivity index (χ2n) is 2.42. The molecule has 0 radical (unpaired) electrons. The predicted molar refractivity (Wildman–Crippen MR) is 39.4 cm³/mol. The van der Waals surface area contributed by atoms with Crippen molar-refractivity contribution in [2.45, 2.75) is 19.4 Å². The minimum absolute atomic E-state index is 0.293. The van der Waals surface area contributed by atoms with Gasteiger partial charge in [0.15, 0.2) is 0 Å². The van der Waals surface area contributed by atoms with Gasteiger partial charge in [-0.15, -0.1) is 0 Å². The van der Waals surface area contributed by atoms with Crippen LogP contribution in [-0.4, -0.2) is 36.2 Å². The molecule has 0 unspecified atom stereocenters. The molecule has 0 amide bonds. The van der Waals surface area contributed by atoms with E-state index < -0.39 is 0 Å². The molecule has 0 aliphatic heterocycles. The number of nitriles is 1. The number of aliphatic hydroxyl groups excluding tert-OH is 1. The number of rotatable bonds is 4. The van der Waals surface area contributed by atoms with Gasteiger partial charge in [-0.2, -0.15) is 5.26 Å². The summed E-state index contributed by atoms with van der Waals surface area (Å²) >= 11 is 0. The molecular formula is C7H14N2O. The summed E-state index contributed by atoms with van der Waals surface area (Å²) in [6, 6.07) is 2.01. The maximum absolute atomic E-state index is 9.10. The van der Waals surface area contributed by atoms with Crippen LogP contribution in [0.15, 0.2) is 0 Å². The summed E-state index contributed by atoms with van der Waals surface area (Å²) in [6.45, 7) is 2.89. The molecule has 0 aromatic rings. The van der Waals surface area contributed by atoms with Crippen molar-refractivity contribution in [3.8, 4) is 6.07 Å². The zero-order valence-electron chi connectivity index (χ0n) is 6.54. The SMILES string of the molecule is CC[C@@H](O)CN(C)CC#N. The van der Waals surface area contributed by atoms with E-state index >= 15 is 0 Å². The summed E-state index contributed by atoms with van der Waals surface area (Å²) in [4.78, 5) is 1.80. The van der Waals surface area contributed by atoms with Crippen LogP contribution < -0.4 is 0 Å². The van der Waals surface area contributed by atoms with Crippen molar-refractivity contribution in [3.63, 3.8) is 0 Å². The van der Waals surface area contributed by atoms with E-state index in [9.17, 15) is 0 Å². The van der Waals surface area contributed by atoms with Crippen LogP contribution in [0.3, 0.4) is 0 Å². The van der Waals surface area contributed by atoms with E-state index in [2.05, 4.69) is 0 Å². The smallest absolute Gasteiger partial charge is 0.0864 e. The minimum atomic E-state index is -0.293. The van der Waals surface area contributed by atoms with Crippen LogP contribution in [-0.2, 0) is 0 Å². The number of aliphatic hydroxyl groups is 1. The van der Waals surface area contributed by atoms with Gasteiger partial charge in [0, 0.05) is 6.54 Å². The van der Waals surface area contributed by atoms with Crippen molar-refractivity contribution in [1.82, 2.24) is 4.90 Å². The molecular weight excluding hydrogens is 128 g/mol. The lowest BCUT2D eigenvalue weighted by molar-refractivity contribution is 0.128. The third-order valence-corrected chi connectivity index (χ3v) is 1.33. The highest BCUT2D eigenvalue weighted by atomic mass is 16.3. The summed E-state index contributed by atoms with van der Waals surface area (Å²) in [6.07, 6.45) is 0.453. The number of hydrogen-bond acceptors (Lipinski definition) is 3. The molecule has 0 heterocycles. The summed E-state index contributed by atoms with van der Waals surface area (Å²) in [7, 11) is 1.82. The van der Waals surface area contributed by atoms with Crippen LogP contribution in [0.4, 0.5) is 0 Å². The molecule has 3 heteroatoms. The van der Waals surface area contributed by atoms with Crippen molar-refractivity contribution in [2.24, 2.45) is 0 Å². The van der Waals surface area contributed by atoms with E-state index in [1.54, 1.807) is 4.90 Å². The average Bonchev–Trinajstić information content (AvgIpc) is 1.88. The lowest BCUT2D eigenvalue weighted by Crippen LogP contribution is -2.28. The van der Waals surface area contributed by atoms with E-state index in [1.807, 2.05) is 20.0 Å². The topological polar surface area (TPSA) is 47.3 Å². The van der Waals surface area contributed by atoms with Crippen molar-refractivity contribution in [2.75, 3.05) is 20.1 Å². The summed E-state index contributed by atoms with van der Waals surface area (Å²) in [5.74, 6) is 0. The van der Waals surface area contributed by atoms with Gasteiger partial charge in [-0.1, -0.05) is 6.92 Å². The van der Waals surface area contributed by atoms with Gasteiger partial charge in [-0.05, 0) is 13.5 Å². The lowest BCUT2D eigenvalue weighted by Gasteiger charge is -2.15. The van der Waals surface area contributed by atoms with Gasteiger partial charge < -0.3 is 5.11 Å². The Morgan fingerprint density at radius 3 is 2.70 bits per heavy atom. The van der Waals surface area contributed by atoms with Gasteiger partial charge in [0.2, 0.25) is 0 Å². The molecule has 0 fully saturated rings. The Kier molecular flexibility index (Phi) is 4.91. The van der Waals surface area contributed by atoms with E-state index in [-0.39, 0.29) is 6.10 Å². The molecule has 0 aliphatic rings. The first-order chi connectivity index (χ1) is 4.70. The van der Waals surface area contributed by atoms with E-state index in [0.717, 1.165) is 6.42 Å². The standard InChI is InChI=1S/C7H14N2O/c1-3-7(10)6-9(2)5-4-8/h7,10H,3,5-6H2,1-2H3/t7-/m1/s1. The molecule has 0 aliphatic carbocycles. The molecule has 10 heavy (non-hydrogen) atoms. The minimum Gasteiger partial charge on any atom is -0.392 e. The Morgan fingerprint density at radius 1 is 1.70 bits per heavy atom. The second kappa shape index (κ2) is 5.21. The fourth-order valence-electron chi connectivity index (χ4n) is 0.674. The normalized spacial score (nSPS) is 13.1. The predicted octanol–water partition coefficient (Wildman–Crippen LogP) is 0.213. The summed E-state index contributed by atoms with van der Waals surface area (Å²) < 4.78 is 0. The molecule has 0 aromatic carbocycles. The second-order valence-corrected chi connectivity index (χ2v) is 2.42. The van der Waals surface area contributed by atoms with Crippen molar-refractivity contribution >= 4 is 0 Å². The van der Waals surface area contributed by atoms with Gasteiger partial charge in [0.25, 0.3) is 0 Å². The van der Waals surface area contributed by atoms with Gasteiger partial charge in [0.05, 0.1) is 18.7 Å². The number of likely N-dealkylation sites (N-methyl/N-ethyl adjacent to an activating group) is 1. The van der Waals surface area contributed by atoms with Crippen LogP contribution in [0.25, 0.3) is 0 Å². The van der Waals surface area contributed by atoms with Gasteiger partial charge >= 0.3 is 0 Å². The molecule has 1 N–H and O–H groups in total. The Hall–Kier alpha value is -0.590. The van der Waals surface area contributed by atoms with Crippen molar-refractivity contribution in [1.29, 1.82) is 5.26 Å². The van der Waals surface area contributed by atoms with E-state index in [0.29, 0.717) is 13.1 Å². The maximum atomic E-state index is 9.10. The Bertz CT molecular complexity index is 119. The van der Waals surface area contributed by atoms with E-state index in [4.69, 9.17) is 10.4 Å². The molecule has 0 saturated carbocycles. The Morgan fingerprint density at radius 2 is 2.30 bits per heavy atom. The maximum Gasteiger partial charge on any atom is 0.0864 e. The Labute approximate surface area is 61.9 Å². The molecule has 3 nitrogen and oxygen atoms in total. The first-order valence-electron chi connectivity index (χ1n) is 3.44. The quantitative estimate of drug-likeness (QED) is 0.571. The summed E-state index contributed by atoms with van der Waals surface area (Å²) in [5, 5.41) is 17.4. The monoisotopic (exact) mass is 142 g/mol. The summed E-state index contributed by atoms with van der Waals surface area (Å²) in [5.41, 5.74) is 0.